The number of nitrogens with zero attached hydrogens (tertiary/aromatic N) is 2. The maximum Gasteiger partial charge on any atom is 0.375 e. The molecule has 360 valence electrons. The van der Waals surface area contributed by atoms with Crippen LogP contribution in [0, 0.1) is 29.6 Å². The fraction of sp³-hybridized carbons (Fsp3) is 0.577. The first-order valence-electron chi connectivity index (χ1n) is 24.2. The highest BCUT2D eigenvalue weighted by Crippen LogP contribution is 2.59. The molecule has 0 spiro atoms. The summed E-state index contributed by atoms with van der Waals surface area (Å²) in [6.07, 6.45) is 9.82. The molecule has 8 atom stereocenters. The minimum atomic E-state index is -1.44. The number of methoxy groups -OCH3 is 1. The molecule has 15 nitrogen and oxygen atoms in total. The van der Waals surface area contributed by atoms with E-state index in [0.29, 0.717) is 62.7 Å². The van der Waals surface area contributed by atoms with Crippen molar-refractivity contribution in [2.24, 2.45) is 34.6 Å². The third-order valence-electron chi connectivity index (χ3n) is 15.5. The Balaban J connectivity index is 1.24. The van der Waals surface area contributed by atoms with E-state index in [1.54, 1.807) is 14.0 Å². The van der Waals surface area contributed by atoms with Crippen molar-refractivity contribution in [2.75, 3.05) is 72.9 Å². The van der Waals surface area contributed by atoms with Crippen molar-refractivity contribution in [2.45, 2.75) is 88.9 Å². The molecule has 9 rings (SSSR count). The Morgan fingerprint density at radius 2 is 1.90 bits per heavy atom. The lowest BCUT2D eigenvalue weighted by molar-refractivity contribution is -0.154. The molecule has 67 heavy (non-hydrogen) atoms. The Labute approximate surface area is 390 Å². The average Bonchev–Trinajstić information content (AvgIpc) is 4.01. The van der Waals surface area contributed by atoms with Gasteiger partial charge in [0.2, 0.25) is 5.76 Å². The number of hydrogen-bond donors (Lipinski definition) is 5. The fourth-order valence-electron chi connectivity index (χ4n) is 12.2. The number of aliphatic hydroxyl groups is 5. The van der Waals surface area contributed by atoms with Crippen molar-refractivity contribution in [1.82, 2.24) is 4.90 Å². The van der Waals surface area contributed by atoms with Gasteiger partial charge in [0.25, 0.3) is 0 Å². The van der Waals surface area contributed by atoms with Crippen molar-refractivity contribution in [3.63, 3.8) is 0 Å². The van der Waals surface area contributed by atoms with Crippen LogP contribution in [-0.4, -0.2) is 133 Å². The summed E-state index contributed by atoms with van der Waals surface area (Å²) in [6.45, 7) is 3.80. The van der Waals surface area contributed by atoms with E-state index in [4.69, 9.17) is 23.7 Å². The molecule has 2 bridgehead atoms. The highest BCUT2D eigenvalue weighted by atomic mass is 16.6. The number of carbonyl (C=O) groups excluding carboxylic acids is 3. The molecule has 2 aliphatic carbocycles. The number of piperidine rings is 1. The van der Waals surface area contributed by atoms with Gasteiger partial charge in [0.1, 0.15) is 34.7 Å². The summed E-state index contributed by atoms with van der Waals surface area (Å²) in [5.74, 6) is -3.55. The molecule has 15 heteroatoms. The van der Waals surface area contributed by atoms with Gasteiger partial charge in [0.15, 0.2) is 6.29 Å². The second-order valence-corrected chi connectivity index (χ2v) is 19.2. The predicted molar refractivity (Wildman–Crippen MR) is 245 cm³/mol. The standard InChI is InChI=1S/C52H64N2O13/c1-3-64-51(61)50-39(26-58)44-33-18-34(25-57)46(60)37(20-33)36-19-31-11-13-53-42(31)21-30(36)8-7-29(24-56)28-65-48-38-22-43(66-47(38)40(27-59)49(67-50)45(44)48)52(62)35(6-4-16-55)10-9-32-23-54(14-5-17-63-2)15-12-41(32)52/h9-11,19,21,26,29,32,34-35,37,41,43,55-57,59,62H,3-8,12-18,20,22-25,27-28H2,1-2H3. The number of carbonyl (C=O) groups is 3. The van der Waals surface area contributed by atoms with Crippen molar-refractivity contribution in [3.05, 3.63) is 79.6 Å². The number of ether oxygens (including phenoxy) is 5. The smallest absolute Gasteiger partial charge is 0.375 e. The van der Waals surface area contributed by atoms with Gasteiger partial charge in [-0.15, -0.1) is 0 Å². The number of allylic oxidation sites excluding steroid dienone is 3. The largest absolute Gasteiger partial charge is 0.492 e. The molecule has 5 N–H and O–H groups in total. The van der Waals surface area contributed by atoms with E-state index in [-0.39, 0.29) is 109 Å². The molecular formula is C52H64N2O13. The molecule has 5 aliphatic heterocycles. The highest BCUT2D eigenvalue weighted by molar-refractivity contribution is 6.11. The zero-order chi connectivity index (χ0) is 47.0. The van der Waals surface area contributed by atoms with Crippen LogP contribution in [0.25, 0.3) is 11.6 Å². The summed E-state index contributed by atoms with van der Waals surface area (Å²) < 4.78 is 31.3. The number of ketones is 1. The van der Waals surface area contributed by atoms with E-state index in [0.717, 1.165) is 47.8 Å². The third-order valence-corrected chi connectivity index (χ3v) is 15.5. The molecule has 5 heterocycles. The zero-order valence-electron chi connectivity index (χ0n) is 38.5. The first-order chi connectivity index (χ1) is 32.6. The van der Waals surface area contributed by atoms with E-state index >= 15 is 0 Å². The quantitative estimate of drug-likeness (QED) is 0.0798. The number of esters is 1. The monoisotopic (exact) mass is 924 g/mol. The minimum Gasteiger partial charge on any atom is -0.492 e. The predicted octanol–water partition coefficient (Wildman–Crippen LogP) is 2.41. The summed E-state index contributed by atoms with van der Waals surface area (Å²) in [5, 5.41) is 58.5. The third kappa shape index (κ3) is 8.48. The van der Waals surface area contributed by atoms with Crippen LogP contribution in [0.5, 0.6) is 17.2 Å². The van der Waals surface area contributed by atoms with Gasteiger partial charge in [-0.1, -0.05) is 23.8 Å². The second kappa shape index (κ2) is 20.1. The molecule has 7 aliphatic rings. The van der Waals surface area contributed by atoms with Crippen LogP contribution in [-0.2, 0) is 43.3 Å². The average molecular weight is 925 g/mol. The van der Waals surface area contributed by atoms with E-state index in [1.165, 1.54) is 0 Å². The molecule has 1 saturated carbocycles. The van der Waals surface area contributed by atoms with Crippen LogP contribution in [0.15, 0.2) is 46.2 Å². The lowest BCUT2D eigenvalue weighted by Crippen LogP contribution is -2.62. The van der Waals surface area contributed by atoms with Gasteiger partial charge in [-0.25, -0.2) is 4.79 Å². The normalized spacial score (nSPS) is 28.7. The van der Waals surface area contributed by atoms with Gasteiger partial charge in [-0.2, -0.15) is 0 Å². The first kappa shape index (κ1) is 47.3. The first-order valence-corrected chi connectivity index (χ1v) is 24.2. The zero-order valence-corrected chi connectivity index (χ0v) is 38.5. The number of rotatable bonds is 14. The summed E-state index contributed by atoms with van der Waals surface area (Å²) in [5.41, 5.74) is 2.02. The number of aliphatic hydroxyl groups excluding tert-OH is 4. The summed E-state index contributed by atoms with van der Waals surface area (Å²) >= 11 is 0. The molecular weight excluding hydrogens is 861 g/mol. The van der Waals surface area contributed by atoms with Crippen molar-refractivity contribution in [3.8, 4) is 17.2 Å². The van der Waals surface area contributed by atoms with Crippen LogP contribution >= 0.6 is 0 Å². The number of likely N-dealkylation sites (tertiary alicyclic amines) is 1. The van der Waals surface area contributed by atoms with E-state index in [9.17, 15) is 39.9 Å². The van der Waals surface area contributed by atoms with Crippen LogP contribution in [0.2, 0.25) is 0 Å². The number of fused-ring (bicyclic) bond motifs is 8. The van der Waals surface area contributed by atoms with E-state index < -0.39 is 54.4 Å². The van der Waals surface area contributed by atoms with Crippen LogP contribution in [0.3, 0.4) is 0 Å². The fourth-order valence-corrected chi connectivity index (χ4v) is 12.2. The Hall–Kier alpha value is -4.74. The number of aryl methyl sites for hydroxylation is 1. The van der Waals surface area contributed by atoms with Crippen LogP contribution < -0.4 is 24.8 Å². The van der Waals surface area contributed by atoms with Crippen LogP contribution in [0.1, 0.15) is 85.6 Å². The number of hydrogen-bond acceptors (Lipinski definition) is 15. The summed E-state index contributed by atoms with van der Waals surface area (Å²) in [7, 11) is 1.70. The maximum absolute atomic E-state index is 14.5. The lowest BCUT2D eigenvalue weighted by atomic mass is 9.60. The Morgan fingerprint density at radius 1 is 1.04 bits per heavy atom. The molecule has 2 aromatic rings. The van der Waals surface area contributed by atoms with Gasteiger partial charge < -0.3 is 54.1 Å². The van der Waals surface area contributed by atoms with Gasteiger partial charge in [-0.05, 0) is 99.2 Å². The lowest BCUT2D eigenvalue weighted by Gasteiger charge is -2.53. The molecule has 0 amide bonds. The van der Waals surface area contributed by atoms with E-state index in [1.807, 2.05) is 18.2 Å². The Kier molecular flexibility index (Phi) is 14.2. The Morgan fingerprint density at radius 3 is 2.64 bits per heavy atom. The molecule has 8 unspecified atom stereocenters. The van der Waals surface area contributed by atoms with Gasteiger partial charge >= 0.3 is 5.97 Å². The summed E-state index contributed by atoms with van der Waals surface area (Å²) in [4.78, 5) is 49.2. The maximum atomic E-state index is 14.5. The molecule has 2 aromatic carbocycles. The topological polar surface area (TPSA) is 214 Å². The van der Waals surface area contributed by atoms with Crippen LogP contribution in [0.4, 0.5) is 0 Å². The van der Waals surface area contributed by atoms with Crippen molar-refractivity contribution < 1.29 is 63.6 Å². The Bertz CT molecular complexity index is 2500. The number of benzene rings is 2. The summed E-state index contributed by atoms with van der Waals surface area (Å²) in [6, 6.07) is 4.01. The van der Waals surface area contributed by atoms with E-state index in [2.05, 4.69) is 22.0 Å². The molecule has 0 aromatic heterocycles. The molecule has 0 radical (unpaired) electrons. The SMILES string of the molecule is CCOC(=O)C1=C(C=O)C2=C3CC(CO)C(=O)C(C3)c3cc4c(cc3CCC(CO)COc3c5c(c(CO)c(c32)O1)OC(C1(O)C(CCCO)C=CC2CN(CCCOC)CCC21)C5)=NCC=4. The van der Waals surface area contributed by atoms with Gasteiger partial charge in [0.05, 0.1) is 55.0 Å². The molecule has 2 fully saturated rings. The molecule has 1 saturated heterocycles. The number of aldehydes is 1. The minimum absolute atomic E-state index is 0.00412. The highest BCUT2D eigenvalue weighted by Gasteiger charge is 2.58. The van der Waals surface area contributed by atoms with Crippen molar-refractivity contribution >= 4 is 29.7 Å². The van der Waals surface area contributed by atoms with Gasteiger partial charge in [0, 0.05) is 87.2 Å². The van der Waals surface area contributed by atoms with Crippen molar-refractivity contribution in [1.29, 1.82) is 0 Å². The van der Waals surface area contributed by atoms with Gasteiger partial charge in [-0.3, -0.25) is 14.6 Å². The number of Topliss-reactive ketones (excluding diaryl/α,β-unsaturated/α-hetero) is 1. The second-order valence-electron chi connectivity index (χ2n) is 19.2.